The summed E-state index contributed by atoms with van der Waals surface area (Å²) in [6.45, 7) is 3.86. The smallest absolute Gasteiger partial charge is 0.350 e. The summed E-state index contributed by atoms with van der Waals surface area (Å²) >= 11 is 1.20. The fourth-order valence-corrected chi connectivity index (χ4v) is 2.16. The lowest BCUT2D eigenvalue weighted by Gasteiger charge is -1.97. The summed E-state index contributed by atoms with van der Waals surface area (Å²) in [5.41, 5.74) is 3.37. The number of thiazole rings is 1. The van der Waals surface area contributed by atoms with E-state index in [2.05, 4.69) is 15.5 Å². The zero-order valence-corrected chi connectivity index (χ0v) is 11.4. The van der Waals surface area contributed by atoms with E-state index in [0.717, 1.165) is 0 Å². The average Bonchev–Trinajstić information content (AvgIpc) is 2.99. The van der Waals surface area contributed by atoms with Crippen LogP contribution < -0.4 is 5.43 Å². The molecule has 1 N–H and O–H groups in total. The van der Waals surface area contributed by atoms with Gasteiger partial charge in [-0.1, -0.05) is 11.3 Å². The molecule has 0 bridgehead atoms. The molecular formula is C12H13N3O3S. The van der Waals surface area contributed by atoms with Crippen LogP contribution in [0.1, 0.15) is 28.0 Å². The first-order chi connectivity index (χ1) is 9.20. The van der Waals surface area contributed by atoms with Crippen molar-refractivity contribution in [3.63, 3.8) is 0 Å². The van der Waals surface area contributed by atoms with Gasteiger partial charge in [-0.2, -0.15) is 5.10 Å². The molecular weight excluding hydrogens is 266 g/mol. The highest BCUT2D eigenvalue weighted by atomic mass is 32.1. The lowest BCUT2D eigenvalue weighted by molar-refractivity contribution is 0.0531. The zero-order chi connectivity index (χ0) is 13.7. The molecule has 0 spiro atoms. The fraction of sp³-hybridized carbons (Fsp3) is 0.250. The summed E-state index contributed by atoms with van der Waals surface area (Å²) in [6, 6.07) is 3.55. The quantitative estimate of drug-likeness (QED) is 0.517. The maximum atomic E-state index is 11.6. The number of hydrogen-bond acceptors (Lipinski definition) is 7. The van der Waals surface area contributed by atoms with Crippen molar-refractivity contribution in [1.29, 1.82) is 0 Å². The van der Waals surface area contributed by atoms with Crippen LogP contribution in [0.15, 0.2) is 27.9 Å². The van der Waals surface area contributed by atoms with Crippen LogP contribution in [-0.4, -0.2) is 23.8 Å². The van der Waals surface area contributed by atoms with Crippen LogP contribution in [-0.2, 0) is 4.74 Å². The van der Waals surface area contributed by atoms with E-state index >= 15 is 0 Å². The van der Waals surface area contributed by atoms with Crippen LogP contribution >= 0.6 is 11.3 Å². The highest BCUT2D eigenvalue weighted by Crippen LogP contribution is 2.23. The summed E-state index contributed by atoms with van der Waals surface area (Å²) < 4.78 is 10.0. The molecule has 0 unspecified atom stereocenters. The van der Waals surface area contributed by atoms with Crippen molar-refractivity contribution < 1.29 is 13.9 Å². The molecule has 7 heteroatoms. The summed E-state index contributed by atoms with van der Waals surface area (Å²) in [5.74, 6) is 0.270. The molecule has 2 aromatic rings. The number of carbonyl (C=O) groups excluding carboxylic acids is 1. The molecule has 0 saturated carbocycles. The number of nitrogens with zero attached hydrogens (tertiary/aromatic N) is 2. The Morgan fingerprint density at radius 1 is 1.68 bits per heavy atom. The Hall–Kier alpha value is -2.15. The van der Waals surface area contributed by atoms with Crippen LogP contribution in [0.4, 0.5) is 5.13 Å². The number of aromatic nitrogens is 1. The Labute approximate surface area is 114 Å². The first-order valence-electron chi connectivity index (χ1n) is 5.68. The molecule has 0 aromatic carbocycles. The number of carbonyl (C=O) groups is 1. The van der Waals surface area contributed by atoms with Crippen molar-refractivity contribution in [1.82, 2.24) is 4.98 Å². The molecule has 0 aliphatic rings. The second kappa shape index (κ2) is 6.14. The van der Waals surface area contributed by atoms with E-state index in [-0.39, 0.29) is 5.97 Å². The van der Waals surface area contributed by atoms with E-state index in [4.69, 9.17) is 9.15 Å². The van der Waals surface area contributed by atoms with Crippen molar-refractivity contribution >= 4 is 28.7 Å². The number of rotatable bonds is 5. The minimum absolute atomic E-state index is 0.343. The van der Waals surface area contributed by atoms with E-state index in [9.17, 15) is 4.79 Å². The Morgan fingerprint density at radius 2 is 2.53 bits per heavy atom. The van der Waals surface area contributed by atoms with Gasteiger partial charge in [0.2, 0.25) is 5.13 Å². The molecule has 0 atom stereocenters. The maximum Gasteiger partial charge on any atom is 0.350 e. The van der Waals surface area contributed by atoms with Gasteiger partial charge in [0.05, 0.1) is 24.8 Å². The first kappa shape index (κ1) is 13.3. The number of esters is 1. The largest absolute Gasteiger partial charge is 0.463 e. The van der Waals surface area contributed by atoms with Crippen molar-refractivity contribution in [3.05, 3.63) is 34.7 Å². The van der Waals surface area contributed by atoms with E-state index in [1.807, 2.05) is 0 Å². The SMILES string of the molecule is CCOC(=O)c1sc(N/N=C/c2ccco2)nc1C. The number of anilines is 1. The molecule has 0 aliphatic carbocycles. The fourth-order valence-electron chi connectivity index (χ4n) is 1.35. The highest BCUT2D eigenvalue weighted by Gasteiger charge is 2.15. The molecule has 2 aromatic heterocycles. The minimum atomic E-state index is -0.361. The summed E-state index contributed by atoms with van der Waals surface area (Å²) in [5, 5.41) is 4.50. The number of hydrazone groups is 1. The topological polar surface area (TPSA) is 76.7 Å². The molecule has 0 radical (unpaired) electrons. The molecule has 100 valence electrons. The molecule has 0 fully saturated rings. The molecule has 19 heavy (non-hydrogen) atoms. The number of hydrogen-bond donors (Lipinski definition) is 1. The first-order valence-corrected chi connectivity index (χ1v) is 6.49. The number of furan rings is 1. The van der Waals surface area contributed by atoms with Crippen molar-refractivity contribution in [2.75, 3.05) is 12.0 Å². The number of ether oxygens (including phenoxy) is 1. The predicted octanol–water partition coefficient (Wildman–Crippen LogP) is 2.67. The molecule has 6 nitrogen and oxygen atoms in total. The molecule has 0 aliphatic heterocycles. The van der Waals surface area contributed by atoms with Crippen LogP contribution in [0, 0.1) is 6.92 Å². The normalized spacial score (nSPS) is 10.8. The Bertz CT molecular complexity index is 575. The Kier molecular flexibility index (Phi) is 4.30. The van der Waals surface area contributed by atoms with Gasteiger partial charge in [0, 0.05) is 0 Å². The van der Waals surface area contributed by atoms with Gasteiger partial charge in [-0.15, -0.1) is 0 Å². The second-order valence-corrected chi connectivity index (χ2v) is 4.54. The van der Waals surface area contributed by atoms with Gasteiger partial charge in [-0.05, 0) is 26.0 Å². The molecule has 2 rings (SSSR count). The standard InChI is InChI=1S/C12H13N3O3S/c1-3-17-11(16)10-8(2)14-12(19-10)15-13-7-9-5-4-6-18-9/h4-7H,3H2,1-2H3,(H,14,15)/b13-7+. The van der Waals surface area contributed by atoms with Crippen LogP contribution in [0.3, 0.4) is 0 Å². The number of nitrogens with one attached hydrogen (secondary N) is 1. The van der Waals surface area contributed by atoms with Gasteiger partial charge in [0.1, 0.15) is 10.6 Å². The Morgan fingerprint density at radius 3 is 3.21 bits per heavy atom. The van der Waals surface area contributed by atoms with E-state index < -0.39 is 0 Å². The lowest BCUT2D eigenvalue weighted by Crippen LogP contribution is -2.03. The van der Waals surface area contributed by atoms with E-state index in [0.29, 0.717) is 28.1 Å². The van der Waals surface area contributed by atoms with E-state index in [1.165, 1.54) is 17.6 Å². The van der Waals surface area contributed by atoms with Crippen LogP contribution in [0.5, 0.6) is 0 Å². The van der Waals surface area contributed by atoms with Crippen LogP contribution in [0.2, 0.25) is 0 Å². The molecule has 0 saturated heterocycles. The highest BCUT2D eigenvalue weighted by molar-refractivity contribution is 7.17. The summed E-state index contributed by atoms with van der Waals surface area (Å²) in [6.07, 6.45) is 3.09. The predicted molar refractivity (Wildman–Crippen MR) is 72.7 cm³/mol. The van der Waals surface area contributed by atoms with Crippen molar-refractivity contribution in [2.45, 2.75) is 13.8 Å². The third-order valence-electron chi connectivity index (χ3n) is 2.15. The third kappa shape index (κ3) is 3.41. The van der Waals surface area contributed by atoms with Gasteiger partial charge >= 0.3 is 5.97 Å². The van der Waals surface area contributed by atoms with Gasteiger partial charge in [-0.25, -0.2) is 9.78 Å². The van der Waals surface area contributed by atoms with Crippen molar-refractivity contribution in [3.8, 4) is 0 Å². The van der Waals surface area contributed by atoms with Crippen LogP contribution in [0.25, 0.3) is 0 Å². The second-order valence-electron chi connectivity index (χ2n) is 3.54. The van der Waals surface area contributed by atoms with Crippen molar-refractivity contribution in [2.24, 2.45) is 5.10 Å². The van der Waals surface area contributed by atoms with Gasteiger partial charge in [0.25, 0.3) is 0 Å². The average molecular weight is 279 g/mol. The van der Waals surface area contributed by atoms with Gasteiger partial charge < -0.3 is 9.15 Å². The van der Waals surface area contributed by atoms with E-state index in [1.54, 1.807) is 32.2 Å². The maximum absolute atomic E-state index is 11.6. The van der Waals surface area contributed by atoms with Gasteiger partial charge in [0.15, 0.2) is 0 Å². The lowest BCUT2D eigenvalue weighted by atomic mass is 10.4. The Balaban J connectivity index is 2.02. The minimum Gasteiger partial charge on any atom is -0.463 e. The zero-order valence-electron chi connectivity index (χ0n) is 10.5. The molecule has 0 amide bonds. The number of aryl methyl sites for hydroxylation is 1. The van der Waals surface area contributed by atoms with Gasteiger partial charge in [-0.3, -0.25) is 5.43 Å². The summed E-state index contributed by atoms with van der Waals surface area (Å²) in [7, 11) is 0. The monoisotopic (exact) mass is 279 g/mol. The third-order valence-corrected chi connectivity index (χ3v) is 3.19. The molecule has 2 heterocycles. The summed E-state index contributed by atoms with van der Waals surface area (Å²) in [4.78, 5) is 16.3.